The second kappa shape index (κ2) is 5.97. The molecule has 1 saturated heterocycles. The van der Waals surface area contributed by atoms with Crippen LogP contribution in [-0.2, 0) is 9.53 Å². The van der Waals surface area contributed by atoms with Gasteiger partial charge in [-0.2, -0.15) is 0 Å². The van der Waals surface area contributed by atoms with E-state index in [0.717, 1.165) is 25.3 Å². The molecule has 0 radical (unpaired) electrons. The molecule has 1 amide bonds. The maximum atomic E-state index is 13.4. The van der Waals surface area contributed by atoms with E-state index in [-0.39, 0.29) is 29.8 Å². The molecule has 0 saturated carbocycles. The highest BCUT2D eigenvalue weighted by atomic mass is 19.1. The summed E-state index contributed by atoms with van der Waals surface area (Å²) in [5, 5.41) is 2.38. The third kappa shape index (κ3) is 3.64. The minimum atomic E-state index is -0.843. The monoisotopic (exact) mass is 270 g/mol. The Labute approximate surface area is 109 Å². The average molecular weight is 270 g/mol. The molecule has 6 heteroatoms. The van der Waals surface area contributed by atoms with Gasteiger partial charge in [-0.05, 0) is 25.3 Å². The van der Waals surface area contributed by atoms with Crippen LogP contribution in [0.2, 0.25) is 0 Å². The van der Waals surface area contributed by atoms with E-state index in [9.17, 15) is 13.6 Å². The fourth-order valence-electron chi connectivity index (χ4n) is 2.04. The highest BCUT2D eigenvalue weighted by Crippen LogP contribution is 2.22. The fraction of sp³-hybridized carbons (Fsp3) is 0.462. The zero-order valence-corrected chi connectivity index (χ0v) is 10.4. The maximum absolute atomic E-state index is 13.4. The van der Waals surface area contributed by atoms with Crippen molar-refractivity contribution in [1.82, 2.24) is 0 Å². The number of carbonyl (C=O) groups excluding carboxylic acids is 1. The topological polar surface area (TPSA) is 64.3 Å². The number of ether oxygens (including phenoxy) is 1. The highest BCUT2D eigenvalue weighted by Gasteiger charge is 2.18. The van der Waals surface area contributed by atoms with Crippen molar-refractivity contribution in [2.75, 3.05) is 17.7 Å². The second-order valence-electron chi connectivity index (χ2n) is 4.59. The Morgan fingerprint density at radius 1 is 1.37 bits per heavy atom. The van der Waals surface area contributed by atoms with Crippen LogP contribution in [-0.4, -0.2) is 18.6 Å². The van der Waals surface area contributed by atoms with Crippen LogP contribution in [0.4, 0.5) is 20.2 Å². The normalized spacial score (nSPS) is 19.2. The Balaban J connectivity index is 1.96. The largest absolute Gasteiger partial charge is 0.396 e. The molecule has 1 aromatic rings. The van der Waals surface area contributed by atoms with Crippen molar-refractivity contribution in [1.29, 1.82) is 0 Å². The van der Waals surface area contributed by atoms with Gasteiger partial charge in [-0.15, -0.1) is 0 Å². The first-order valence-electron chi connectivity index (χ1n) is 6.22. The molecule has 1 aliphatic heterocycles. The van der Waals surface area contributed by atoms with Crippen LogP contribution >= 0.6 is 0 Å². The van der Waals surface area contributed by atoms with Crippen LogP contribution in [0.15, 0.2) is 12.1 Å². The Morgan fingerprint density at radius 2 is 2.16 bits per heavy atom. The maximum Gasteiger partial charge on any atom is 0.227 e. The summed E-state index contributed by atoms with van der Waals surface area (Å²) < 4.78 is 31.8. The first-order valence-corrected chi connectivity index (χ1v) is 6.22. The number of carbonyl (C=O) groups is 1. The number of anilines is 2. The number of hydrogen-bond acceptors (Lipinski definition) is 3. The molecule has 1 aliphatic rings. The van der Waals surface area contributed by atoms with Crippen LogP contribution in [0.1, 0.15) is 25.7 Å². The number of amides is 1. The van der Waals surface area contributed by atoms with Gasteiger partial charge in [0.05, 0.1) is 23.9 Å². The summed E-state index contributed by atoms with van der Waals surface area (Å²) in [6.07, 6.45) is 2.88. The summed E-state index contributed by atoms with van der Waals surface area (Å²) in [7, 11) is 0. The standard InChI is InChI=1S/C13H16F2N2O2/c14-9-6-10(15)12(7-11(9)16)17-13(18)5-8-3-1-2-4-19-8/h6-8H,1-5,16H2,(H,17,18). The van der Waals surface area contributed by atoms with Gasteiger partial charge in [-0.25, -0.2) is 8.78 Å². The van der Waals surface area contributed by atoms with E-state index in [2.05, 4.69) is 5.32 Å². The lowest BCUT2D eigenvalue weighted by Gasteiger charge is -2.22. The molecule has 1 heterocycles. The Bertz CT molecular complexity index is 474. The average Bonchev–Trinajstić information content (AvgIpc) is 2.37. The molecular formula is C13H16F2N2O2. The minimum Gasteiger partial charge on any atom is -0.396 e. The first-order chi connectivity index (χ1) is 9.06. The Kier molecular flexibility index (Phi) is 4.31. The lowest BCUT2D eigenvalue weighted by Crippen LogP contribution is -2.25. The van der Waals surface area contributed by atoms with E-state index in [4.69, 9.17) is 10.5 Å². The molecular weight excluding hydrogens is 254 g/mol. The van der Waals surface area contributed by atoms with Gasteiger partial charge in [-0.1, -0.05) is 0 Å². The molecule has 1 aromatic carbocycles. The predicted molar refractivity (Wildman–Crippen MR) is 67.6 cm³/mol. The molecule has 1 unspecified atom stereocenters. The van der Waals surface area contributed by atoms with Gasteiger partial charge in [0, 0.05) is 12.7 Å². The van der Waals surface area contributed by atoms with Crippen LogP contribution < -0.4 is 11.1 Å². The molecule has 104 valence electrons. The molecule has 2 rings (SSSR count). The molecule has 3 N–H and O–H groups in total. The smallest absolute Gasteiger partial charge is 0.227 e. The number of benzene rings is 1. The highest BCUT2D eigenvalue weighted by molar-refractivity contribution is 5.91. The number of rotatable bonds is 3. The van der Waals surface area contributed by atoms with Crippen molar-refractivity contribution in [2.45, 2.75) is 31.8 Å². The molecule has 0 aromatic heterocycles. The van der Waals surface area contributed by atoms with Gasteiger partial charge in [0.15, 0.2) is 0 Å². The zero-order chi connectivity index (χ0) is 13.8. The van der Waals surface area contributed by atoms with E-state index < -0.39 is 11.6 Å². The minimum absolute atomic E-state index is 0.111. The summed E-state index contributed by atoms with van der Waals surface area (Å²) >= 11 is 0. The third-order valence-corrected chi connectivity index (χ3v) is 3.05. The molecule has 4 nitrogen and oxygen atoms in total. The van der Waals surface area contributed by atoms with Gasteiger partial charge in [0.25, 0.3) is 0 Å². The summed E-state index contributed by atoms with van der Waals surface area (Å²) in [5.74, 6) is -2.05. The van der Waals surface area contributed by atoms with E-state index in [1.54, 1.807) is 0 Å². The summed E-state index contributed by atoms with van der Waals surface area (Å²) in [6.45, 7) is 0.649. The van der Waals surface area contributed by atoms with Gasteiger partial charge in [0.2, 0.25) is 5.91 Å². The lowest BCUT2D eigenvalue weighted by molar-refractivity contribution is -0.119. The molecule has 1 atom stereocenters. The summed E-state index contributed by atoms with van der Waals surface area (Å²) in [6, 6.07) is 1.73. The van der Waals surface area contributed by atoms with Crippen LogP contribution in [0.3, 0.4) is 0 Å². The second-order valence-corrected chi connectivity index (χ2v) is 4.59. The Morgan fingerprint density at radius 3 is 2.84 bits per heavy atom. The van der Waals surface area contributed by atoms with Gasteiger partial charge in [0.1, 0.15) is 11.6 Å². The molecule has 19 heavy (non-hydrogen) atoms. The molecule has 0 spiro atoms. The van der Waals surface area contributed by atoms with E-state index in [1.165, 1.54) is 0 Å². The van der Waals surface area contributed by atoms with Gasteiger partial charge >= 0.3 is 0 Å². The summed E-state index contributed by atoms with van der Waals surface area (Å²) in [4.78, 5) is 11.7. The van der Waals surface area contributed by atoms with Gasteiger partial charge < -0.3 is 15.8 Å². The zero-order valence-electron chi connectivity index (χ0n) is 10.4. The quantitative estimate of drug-likeness (QED) is 0.829. The van der Waals surface area contributed by atoms with Crippen molar-refractivity contribution < 1.29 is 18.3 Å². The van der Waals surface area contributed by atoms with Crippen molar-refractivity contribution >= 4 is 17.3 Å². The van der Waals surface area contributed by atoms with Crippen molar-refractivity contribution in [2.24, 2.45) is 0 Å². The van der Waals surface area contributed by atoms with Crippen LogP contribution in [0.5, 0.6) is 0 Å². The van der Waals surface area contributed by atoms with E-state index in [0.29, 0.717) is 12.7 Å². The SMILES string of the molecule is Nc1cc(NC(=O)CC2CCCCO2)c(F)cc1F. The number of halogens is 2. The van der Waals surface area contributed by atoms with Crippen LogP contribution in [0, 0.1) is 11.6 Å². The third-order valence-electron chi connectivity index (χ3n) is 3.05. The number of nitrogen functional groups attached to an aromatic ring is 1. The van der Waals surface area contributed by atoms with Crippen molar-refractivity contribution in [3.05, 3.63) is 23.8 Å². The van der Waals surface area contributed by atoms with Crippen molar-refractivity contribution in [3.8, 4) is 0 Å². The Hall–Kier alpha value is -1.69. The molecule has 0 bridgehead atoms. The predicted octanol–water partition coefficient (Wildman–Crippen LogP) is 2.44. The molecule has 1 fully saturated rings. The number of hydrogen-bond donors (Lipinski definition) is 2. The number of nitrogens with one attached hydrogen (secondary N) is 1. The first kappa shape index (κ1) is 13.7. The molecule has 0 aliphatic carbocycles. The van der Waals surface area contributed by atoms with Crippen molar-refractivity contribution in [3.63, 3.8) is 0 Å². The fourth-order valence-corrected chi connectivity index (χ4v) is 2.04. The van der Waals surface area contributed by atoms with Crippen LogP contribution in [0.25, 0.3) is 0 Å². The summed E-state index contributed by atoms with van der Waals surface area (Å²) in [5.41, 5.74) is 5.02. The van der Waals surface area contributed by atoms with E-state index >= 15 is 0 Å². The lowest BCUT2D eigenvalue weighted by atomic mass is 10.1. The number of nitrogens with two attached hydrogens (primary N) is 1. The van der Waals surface area contributed by atoms with E-state index in [1.807, 2.05) is 0 Å². The van der Waals surface area contributed by atoms with Gasteiger partial charge in [-0.3, -0.25) is 4.79 Å².